The third kappa shape index (κ3) is 2.62. The molecule has 1 aromatic heterocycles. The van der Waals surface area contributed by atoms with Crippen LogP contribution in [0.2, 0.25) is 0 Å². The van der Waals surface area contributed by atoms with E-state index in [-0.39, 0.29) is 11.4 Å². The monoisotopic (exact) mass is 301 g/mol. The number of aromatic nitrogens is 2. The van der Waals surface area contributed by atoms with E-state index < -0.39 is 15.6 Å². The molecule has 0 unspecified atom stereocenters. The van der Waals surface area contributed by atoms with E-state index in [4.69, 9.17) is 0 Å². The van der Waals surface area contributed by atoms with Gasteiger partial charge in [0, 0.05) is 20.6 Å². The van der Waals surface area contributed by atoms with Crippen molar-refractivity contribution in [2.45, 2.75) is 50.0 Å². The van der Waals surface area contributed by atoms with Crippen LogP contribution in [0.5, 0.6) is 0 Å². The van der Waals surface area contributed by atoms with Gasteiger partial charge in [0.2, 0.25) is 10.0 Å². The topological polar surface area (TPSA) is 75.4 Å². The van der Waals surface area contributed by atoms with Crippen LogP contribution in [0.1, 0.15) is 37.1 Å². The molecule has 0 atom stereocenters. The molecular weight excluding hydrogens is 278 g/mol. The zero-order valence-corrected chi connectivity index (χ0v) is 13.4. The van der Waals surface area contributed by atoms with Crippen LogP contribution in [0, 0.1) is 13.8 Å². The van der Waals surface area contributed by atoms with E-state index in [0.29, 0.717) is 24.2 Å². The molecule has 0 radical (unpaired) electrons. The Morgan fingerprint density at radius 3 is 2.35 bits per heavy atom. The standard InChI is InChI=1S/C13H23N3O3S/c1-10-12(11(2)16(4)14-10)20(18,19)15(3)9-13(17)7-5-6-8-13/h17H,5-9H2,1-4H3. The zero-order valence-electron chi connectivity index (χ0n) is 12.5. The highest BCUT2D eigenvalue weighted by Gasteiger charge is 2.37. The van der Waals surface area contributed by atoms with Gasteiger partial charge in [0.15, 0.2) is 0 Å². The molecule has 1 aromatic rings. The van der Waals surface area contributed by atoms with Crippen molar-refractivity contribution in [1.82, 2.24) is 14.1 Å². The van der Waals surface area contributed by atoms with Crippen molar-refractivity contribution in [1.29, 1.82) is 0 Å². The van der Waals surface area contributed by atoms with E-state index in [1.54, 1.807) is 25.6 Å². The van der Waals surface area contributed by atoms with E-state index in [0.717, 1.165) is 12.8 Å². The fraction of sp³-hybridized carbons (Fsp3) is 0.769. The van der Waals surface area contributed by atoms with E-state index >= 15 is 0 Å². The summed E-state index contributed by atoms with van der Waals surface area (Å²) in [6.07, 6.45) is 3.24. The highest BCUT2D eigenvalue weighted by Crippen LogP contribution is 2.32. The minimum absolute atomic E-state index is 0.142. The van der Waals surface area contributed by atoms with Gasteiger partial charge >= 0.3 is 0 Å². The normalized spacial score (nSPS) is 18.9. The van der Waals surface area contributed by atoms with Crippen LogP contribution in [-0.4, -0.2) is 46.8 Å². The summed E-state index contributed by atoms with van der Waals surface area (Å²) in [6, 6.07) is 0. The minimum atomic E-state index is -3.62. The molecule has 0 amide bonds. The van der Waals surface area contributed by atoms with Crippen LogP contribution < -0.4 is 0 Å². The smallest absolute Gasteiger partial charge is 0.246 e. The maximum atomic E-state index is 12.7. The van der Waals surface area contributed by atoms with E-state index in [1.807, 2.05) is 0 Å². The predicted molar refractivity (Wildman–Crippen MR) is 75.9 cm³/mol. The molecule has 2 rings (SSSR count). The third-order valence-corrected chi connectivity index (χ3v) is 6.22. The van der Waals surface area contributed by atoms with Crippen LogP contribution >= 0.6 is 0 Å². The lowest BCUT2D eigenvalue weighted by atomic mass is 10.0. The van der Waals surface area contributed by atoms with Gasteiger partial charge < -0.3 is 5.11 Å². The van der Waals surface area contributed by atoms with Gasteiger partial charge in [-0.2, -0.15) is 9.40 Å². The fourth-order valence-electron chi connectivity index (χ4n) is 2.97. The molecule has 114 valence electrons. The summed E-state index contributed by atoms with van der Waals surface area (Å²) in [5, 5.41) is 14.5. The van der Waals surface area contributed by atoms with Crippen molar-refractivity contribution in [3.05, 3.63) is 11.4 Å². The van der Waals surface area contributed by atoms with Gasteiger partial charge in [-0.15, -0.1) is 0 Å². The molecule has 0 bridgehead atoms. The van der Waals surface area contributed by atoms with Crippen molar-refractivity contribution < 1.29 is 13.5 Å². The molecule has 1 N–H and O–H groups in total. The maximum Gasteiger partial charge on any atom is 0.246 e. The maximum absolute atomic E-state index is 12.7. The van der Waals surface area contributed by atoms with Crippen LogP contribution in [0.3, 0.4) is 0 Å². The Morgan fingerprint density at radius 2 is 1.90 bits per heavy atom. The highest BCUT2D eigenvalue weighted by atomic mass is 32.2. The molecule has 0 aliphatic heterocycles. The summed E-state index contributed by atoms with van der Waals surface area (Å²) in [7, 11) is -0.362. The summed E-state index contributed by atoms with van der Waals surface area (Å²) < 4.78 is 28.2. The molecule has 20 heavy (non-hydrogen) atoms. The first-order chi connectivity index (χ1) is 9.17. The first-order valence-corrected chi connectivity index (χ1v) is 8.30. The second-order valence-corrected chi connectivity index (χ2v) is 7.80. The zero-order chi connectivity index (χ0) is 15.1. The summed E-state index contributed by atoms with van der Waals surface area (Å²) in [6.45, 7) is 3.58. The molecule has 1 fully saturated rings. The fourth-order valence-corrected chi connectivity index (χ4v) is 4.62. The second-order valence-electron chi connectivity index (χ2n) is 5.82. The lowest BCUT2D eigenvalue weighted by Gasteiger charge is -2.28. The van der Waals surface area contributed by atoms with Gasteiger partial charge in [-0.05, 0) is 26.7 Å². The van der Waals surface area contributed by atoms with Gasteiger partial charge in [-0.3, -0.25) is 4.68 Å². The number of nitrogens with zero attached hydrogens (tertiary/aromatic N) is 3. The van der Waals surface area contributed by atoms with Gasteiger partial charge in [-0.1, -0.05) is 12.8 Å². The number of aliphatic hydroxyl groups is 1. The van der Waals surface area contributed by atoms with Gasteiger partial charge in [0.1, 0.15) is 4.90 Å². The van der Waals surface area contributed by atoms with Crippen molar-refractivity contribution in [2.24, 2.45) is 7.05 Å². The minimum Gasteiger partial charge on any atom is -0.389 e. The van der Waals surface area contributed by atoms with Crippen LogP contribution in [0.25, 0.3) is 0 Å². The molecule has 6 nitrogen and oxygen atoms in total. The Bertz CT molecular complexity index is 601. The lowest BCUT2D eigenvalue weighted by molar-refractivity contribution is 0.0333. The van der Waals surface area contributed by atoms with E-state index in [2.05, 4.69) is 5.10 Å². The molecule has 1 saturated carbocycles. The molecule has 1 aliphatic rings. The molecular formula is C13H23N3O3S. The van der Waals surface area contributed by atoms with E-state index in [1.165, 1.54) is 11.4 Å². The highest BCUT2D eigenvalue weighted by molar-refractivity contribution is 7.89. The Labute approximate surface area is 120 Å². The average molecular weight is 301 g/mol. The number of sulfonamides is 1. The SMILES string of the molecule is Cc1nn(C)c(C)c1S(=O)(=O)N(C)CC1(O)CCCC1. The predicted octanol–water partition coefficient (Wildman–Crippen LogP) is 0.963. The van der Waals surface area contributed by atoms with Crippen LogP contribution in [0.15, 0.2) is 4.90 Å². The van der Waals surface area contributed by atoms with E-state index in [9.17, 15) is 13.5 Å². The Hall–Kier alpha value is -0.920. The van der Waals surface area contributed by atoms with Crippen molar-refractivity contribution in [2.75, 3.05) is 13.6 Å². The summed E-state index contributed by atoms with van der Waals surface area (Å²) in [5.74, 6) is 0. The van der Waals surface area contributed by atoms with Crippen molar-refractivity contribution in [3.8, 4) is 0 Å². The van der Waals surface area contributed by atoms with Crippen LogP contribution in [-0.2, 0) is 17.1 Å². The number of likely N-dealkylation sites (N-methyl/N-ethyl adjacent to an activating group) is 1. The quantitative estimate of drug-likeness (QED) is 0.899. The second kappa shape index (κ2) is 5.13. The summed E-state index contributed by atoms with van der Waals surface area (Å²) >= 11 is 0. The number of aryl methyl sites for hydroxylation is 2. The molecule has 0 aromatic carbocycles. The third-order valence-electron chi connectivity index (χ3n) is 4.16. The van der Waals surface area contributed by atoms with Crippen molar-refractivity contribution in [3.63, 3.8) is 0 Å². The summed E-state index contributed by atoms with van der Waals surface area (Å²) in [4.78, 5) is 0.254. The number of rotatable bonds is 4. The van der Waals surface area contributed by atoms with Gasteiger partial charge in [0.05, 0.1) is 17.0 Å². The number of hydrogen-bond acceptors (Lipinski definition) is 4. The van der Waals surface area contributed by atoms with Crippen LogP contribution in [0.4, 0.5) is 0 Å². The first kappa shape index (κ1) is 15.5. The largest absolute Gasteiger partial charge is 0.389 e. The molecule has 1 heterocycles. The Kier molecular flexibility index (Phi) is 3.96. The molecule has 1 aliphatic carbocycles. The summed E-state index contributed by atoms with van der Waals surface area (Å²) in [5.41, 5.74) is 0.231. The molecule has 0 spiro atoms. The van der Waals surface area contributed by atoms with Gasteiger partial charge in [0.25, 0.3) is 0 Å². The molecule has 7 heteroatoms. The van der Waals surface area contributed by atoms with Gasteiger partial charge in [-0.25, -0.2) is 8.42 Å². The average Bonchev–Trinajstić information content (AvgIpc) is 2.84. The Morgan fingerprint density at radius 1 is 1.35 bits per heavy atom. The van der Waals surface area contributed by atoms with Crippen molar-refractivity contribution >= 4 is 10.0 Å². The molecule has 0 saturated heterocycles. The number of hydrogen-bond donors (Lipinski definition) is 1. The Balaban J connectivity index is 2.30. The first-order valence-electron chi connectivity index (χ1n) is 6.86. The lowest BCUT2D eigenvalue weighted by Crippen LogP contribution is -2.42.